The van der Waals surface area contributed by atoms with E-state index in [1.807, 2.05) is 6.92 Å². The van der Waals surface area contributed by atoms with Gasteiger partial charge in [-0.1, -0.05) is 24.6 Å². The van der Waals surface area contributed by atoms with Crippen molar-refractivity contribution in [2.24, 2.45) is 5.92 Å². The molecule has 0 spiro atoms. The van der Waals surface area contributed by atoms with E-state index in [-0.39, 0.29) is 30.8 Å². The molecule has 3 aromatic carbocycles. The molecule has 1 aliphatic rings. The van der Waals surface area contributed by atoms with Crippen molar-refractivity contribution in [1.82, 2.24) is 15.1 Å². The van der Waals surface area contributed by atoms with Crippen LogP contribution < -0.4 is 30.0 Å². The molecule has 14 heteroatoms. The maximum absolute atomic E-state index is 14.3. The fourth-order valence-electron chi connectivity index (χ4n) is 6.02. The van der Waals surface area contributed by atoms with Gasteiger partial charge in [0.05, 0.1) is 58.1 Å². The molecule has 1 aliphatic heterocycles. The molecule has 1 heterocycles. The van der Waals surface area contributed by atoms with Gasteiger partial charge in [0, 0.05) is 29.4 Å². The van der Waals surface area contributed by atoms with E-state index in [0.717, 1.165) is 4.90 Å². The van der Waals surface area contributed by atoms with Crippen molar-refractivity contribution in [1.29, 1.82) is 0 Å². The summed E-state index contributed by atoms with van der Waals surface area (Å²) in [7, 11) is 6.02. The third-order valence-corrected chi connectivity index (χ3v) is 8.86. The van der Waals surface area contributed by atoms with Crippen LogP contribution in [0.15, 0.2) is 48.5 Å². The molecule has 0 saturated carbocycles. The van der Waals surface area contributed by atoms with Gasteiger partial charge in [0.2, 0.25) is 11.8 Å². The molecule has 280 valence electrons. The molecular weight excluding hydrogens is 692 g/mol. The Morgan fingerprint density at radius 1 is 0.942 bits per heavy atom. The number of nitrogens with zero attached hydrogens (tertiary/aromatic N) is 2. The van der Waals surface area contributed by atoms with E-state index in [4.69, 9.17) is 41.0 Å². The Hall–Kier alpha value is -5.17. The number of benzene rings is 3. The maximum Gasteiger partial charge on any atom is 0.340 e. The number of esters is 1. The predicted octanol–water partition coefficient (Wildman–Crippen LogP) is 5.80. The van der Waals surface area contributed by atoms with Crippen LogP contribution in [0, 0.1) is 5.92 Å². The van der Waals surface area contributed by atoms with Gasteiger partial charge < -0.3 is 39.6 Å². The Morgan fingerprint density at radius 3 is 2.15 bits per heavy atom. The first kappa shape index (κ1) is 39.6. The number of nitrogen functional groups attached to an aromatic ring is 1. The molecule has 52 heavy (non-hydrogen) atoms. The van der Waals surface area contributed by atoms with Crippen LogP contribution in [0.2, 0.25) is 5.02 Å². The lowest BCUT2D eigenvalue weighted by molar-refractivity contribution is -0.135. The van der Waals surface area contributed by atoms with Crippen molar-refractivity contribution in [3.8, 4) is 23.0 Å². The second kappa shape index (κ2) is 16.9. The Bertz CT molecular complexity index is 1780. The third-order valence-electron chi connectivity index (χ3n) is 8.62. The zero-order chi connectivity index (χ0) is 38.3. The standard InChI is InChI=1S/C38H47ClN4O9/c1-9-30(22-10-12-27(29(40)16-22)36(46)52-38(2,3)4)41-37(47)43-21-34(44)42(20-28-32(50-7)17-26(48-5)18-33(28)51-8)19-24(35(43)45)14-23-15-25(39)11-13-31(23)49-6/h10-13,15-18,24,30H,9,14,19-21,40H2,1-8H3,(H,41,47)/t24-,30+/m0/s1. The smallest absolute Gasteiger partial charge is 0.340 e. The number of methoxy groups -OCH3 is 4. The predicted molar refractivity (Wildman–Crippen MR) is 196 cm³/mol. The largest absolute Gasteiger partial charge is 0.496 e. The van der Waals surface area contributed by atoms with Crippen LogP contribution in [0.1, 0.15) is 67.2 Å². The van der Waals surface area contributed by atoms with Crippen molar-refractivity contribution in [3.63, 3.8) is 0 Å². The third kappa shape index (κ3) is 9.38. The summed E-state index contributed by atoms with van der Waals surface area (Å²) < 4.78 is 27.7. The number of nitrogens with two attached hydrogens (primary N) is 1. The summed E-state index contributed by atoms with van der Waals surface area (Å²) in [6.07, 6.45) is 0.534. The summed E-state index contributed by atoms with van der Waals surface area (Å²) in [6.45, 7) is 6.59. The quantitative estimate of drug-likeness (QED) is 0.172. The van der Waals surface area contributed by atoms with Gasteiger partial charge >= 0.3 is 12.0 Å². The molecule has 0 aliphatic carbocycles. The van der Waals surface area contributed by atoms with Crippen LogP contribution in [0.5, 0.6) is 23.0 Å². The molecule has 1 fully saturated rings. The summed E-state index contributed by atoms with van der Waals surface area (Å²) in [5.74, 6) is -0.623. The lowest BCUT2D eigenvalue weighted by Gasteiger charge is -2.26. The van der Waals surface area contributed by atoms with Gasteiger partial charge in [-0.3, -0.25) is 14.5 Å². The van der Waals surface area contributed by atoms with E-state index >= 15 is 0 Å². The number of hydrogen-bond donors (Lipinski definition) is 2. The molecule has 2 atom stereocenters. The first-order valence-electron chi connectivity index (χ1n) is 16.8. The summed E-state index contributed by atoms with van der Waals surface area (Å²) in [4.78, 5) is 57.4. The zero-order valence-electron chi connectivity index (χ0n) is 30.8. The number of urea groups is 1. The summed E-state index contributed by atoms with van der Waals surface area (Å²) in [5.41, 5.74) is 7.71. The van der Waals surface area contributed by atoms with E-state index in [0.29, 0.717) is 51.1 Å². The number of carbonyl (C=O) groups is 4. The summed E-state index contributed by atoms with van der Waals surface area (Å²) in [5, 5.41) is 3.34. The zero-order valence-corrected chi connectivity index (χ0v) is 31.6. The molecule has 3 aromatic rings. The fourth-order valence-corrected chi connectivity index (χ4v) is 6.21. The average molecular weight is 739 g/mol. The molecule has 1 saturated heterocycles. The number of hydrogen-bond acceptors (Lipinski definition) is 10. The summed E-state index contributed by atoms with van der Waals surface area (Å²) >= 11 is 6.34. The number of amides is 4. The first-order chi connectivity index (χ1) is 24.6. The lowest BCUT2D eigenvalue weighted by Crippen LogP contribution is -2.48. The van der Waals surface area contributed by atoms with Gasteiger partial charge in [-0.05, 0) is 75.1 Å². The van der Waals surface area contributed by atoms with E-state index in [1.54, 1.807) is 69.3 Å². The van der Waals surface area contributed by atoms with Crippen molar-refractivity contribution in [2.45, 2.75) is 58.7 Å². The number of halogens is 1. The van der Waals surface area contributed by atoms with E-state index in [2.05, 4.69) is 5.32 Å². The number of ether oxygens (including phenoxy) is 5. The molecule has 13 nitrogen and oxygen atoms in total. The number of nitrogens with one attached hydrogen (secondary N) is 1. The lowest BCUT2D eigenvalue weighted by atomic mass is 9.96. The molecule has 4 rings (SSSR count). The number of imide groups is 1. The molecular formula is C38H47ClN4O9. The topological polar surface area (TPSA) is 159 Å². The van der Waals surface area contributed by atoms with Crippen LogP contribution >= 0.6 is 11.6 Å². The van der Waals surface area contributed by atoms with Gasteiger partial charge in [0.15, 0.2) is 0 Å². The molecule has 0 radical (unpaired) electrons. The van der Waals surface area contributed by atoms with Crippen molar-refractivity contribution < 1.29 is 42.9 Å². The van der Waals surface area contributed by atoms with E-state index < -0.39 is 47.9 Å². The summed E-state index contributed by atoms with van der Waals surface area (Å²) in [6, 6.07) is 11.9. The van der Waals surface area contributed by atoms with Gasteiger partial charge in [-0.15, -0.1) is 0 Å². The van der Waals surface area contributed by atoms with Gasteiger partial charge in [0.25, 0.3) is 0 Å². The Morgan fingerprint density at radius 2 is 1.60 bits per heavy atom. The van der Waals surface area contributed by atoms with Crippen LogP contribution in [0.4, 0.5) is 10.5 Å². The number of rotatable bonds is 12. The van der Waals surface area contributed by atoms with E-state index in [9.17, 15) is 19.2 Å². The highest BCUT2D eigenvalue weighted by Gasteiger charge is 2.39. The van der Waals surface area contributed by atoms with Gasteiger partial charge in [-0.25, -0.2) is 9.59 Å². The van der Waals surface area contributed by atoms with E-state index in [1.165, 1.54) is 33.3 Å². The normalized spacial score (nSPS) is 15.4. The second-order valence-corrected chi connectivity index (χ2v) is 13.8. The Balaban J connectivity index is 1.68. The fraction of sp³-hybridized carbons (Fsp3) is 0.421. The Labute approximate surface area is 309 Å². The average Bonchev–Trinajstić information content (AvgIpc) is 3.21. The minimum atomic E-state index is -0.872. The highest BCUT2D eigenvalue weighted by molar-refractivity contribution is 6.30. The van der Waals surface area contributed by atoms with Crippen molar-refractivity contribution in [2.75, 3.05) is 47.3 Å². The van der Waals surface area contributed by atoms with Crippen LogP contribution in [-0.2, 0) is 27.3 Å². The highest BCUT2D eigenvalue weighted by atomic mass is 35.5. The number of carbonyl (C=O) groups excluding carboxylic acids is 4. The molecule has 0 bridgehead atoms. The number of anilines is 1. The van der Waals surface area contributed by atoms with Crippen LogP contribution in [0.3, 0.4) is 0 Å². The van der Waals surface area contributed by atoms with Crippen LogP contribution in [0.25, 0.3) is 0 Å². The molecule has 0 aromatic heterocycles. The Kier molecular flexibility index (Phi) is 12.9. The highest BCUT2D eigenvalue weighted by Crippen LogP contribution is 2.36. The molecule has 3 N–H and O–H groups in total. The maximum atomic E-state index is 14.3. The minimum Gasteiger partial charge on any atom is -0.496 e. The monoisotopic (exact) mass is 738 g/mol. The SMILES string of the molecule is CC[C@@H](NC(=O)N1CC(=O)N(Cc2c(OC)cc(OC)cc2OC)C[C@H](Cc2cc(Cl)ccc2OC)C1=O)c1ccc(C(=O)OC(C)(C)C)c(N)c1. The minimum absolute atomic E-state index is 0.0158. The first-order valence-corrected chi connectivity index (χ1v) is 17.1. The van der Waals surface area contributed by atoms with Crippen LogP contribution in [-0.4, -0.2) is 80.7 Å². The van der Waals surface area contributed by atoms with Crippen molar-refractivity contribution >= 4 is 41.1 Å². The molecule has 4 amide bonds. The van der Waals surface area contributed by atoms with Gasteiger partial charge in [-0.2, -0.15) is 0 Å². The molecule has 0 unspecified atom stereocenters. The van der Waals surface area contributed by atoms with Gasteiger partial charge in [0.1, 0.15) is 35.1 Å². The second-order valence-electron chi connectivity index (χ2n) is 13.3. The van der Waals surface area contributed by atoms with Crippen molar-refractivity contribution in [3.05, 3.63) is 75.8 Å².